The van der Waals surface area contributed by atoms with E-state index in [4.69, 9.17) is 0 Å². The van der Waals surface area contributed by atoms with Gasteiger partial charge < -0.3 is 4.90 Å². The first-order valence-electron chi connectivity index (χ1n) is 7.51. The van der Waals surface area contributed by atoms with E-state index < -0.39 is 10.6 Å². The monoisotopic (exact) mass is 315 g/mol. The van der Waals surface area contributed by atoms with E-state index in [-0.39, 0.29) is 0 Å². The van der Waals surface area contributed by atoms with Gasteiger partial charge in [0.15, 0.2) is 0 Å². The van der Waals surface area contributed by atoms with Crippen molar-refractivity contribution in [3.63, 3.8) is 0 Å². The second kappa shape index (κ2) is 5.80. The van der Waals surface area contributed by atoms with Gasteiger partial charge in [-0.3, -0.25) is 9.11 Å². The van der Waals surface area contributed by atoms with Gasteiger partial charge in [0.25, 0.3) is 0 Å². The van der Waals surface area contributed by atoms with Crippen molar-refractivity contribution in [2.45, 2.75) is 18.7 Å². The zero-order valence-corrected chi connectivity index (χ0v) is 13.7. The molecule has 22 heavy (non-hydrogen) atoms. The molecule has 0 saturated carbocycles. The smallest absolute Gasteiger partial charge is 0.0709 e. The Morgan fingerprint density at radius 3 is 2.18 bits per heavy atom. The summed E-state index contributed by atoms with van der Waals surface area (Å²) in [7, 11) is -2.75. The maximum atomic E-state index is 10.0. The summed E-state index contributed by atoms with van der Waals surface area (Å²) in [5.41, 5.74) is 4.19. The number of rotatable bonds is 4. The lowest BCUT2D eigenvalue weighted by molar-refractivity contribution is 0.501. The van der Waals surface area contributed by atoms with Gasteiger partial charge in [-0.15, -0.1) is 10.6 Å². The van der Waals surface area contributed by atoms with Crippen LogP contribution in [0.25, 0.3) is 17.2 Å². The standard InChI is InChI=1S/C18H21NO2S/c1-3-19(4-2)17-9-7-14(8-10-17)16-6-5-15-11-12-22(20,21)18(15)13-16/h5-13,20-21H,3-4H2,1-2H3. The number of fused-ring (bicyclic) bond motifs is 1. The lowest BCUT2D eigenvalue weighted by atomic mass is 10.0. The molecule has 1 heterocycles. The summed E-state index contributed by atoms with van der Waals surface area (Å²) < 4.78 is 20.1. The molecular weight excluding hydrogens is 294 g/mol. The SMILES string of the molecule is CCN(CC)c1ccc(-c2ccc3c(c2)S(O)(O)C=C3)cc1. The van der Waals surface area contributed by atoms with Gasteiger partial charge in [-0.05, 0) is 54.8 Å². The van der Waals surface area contributed by atoms with Crippen molar-refractivity contribution in [1.82, 2.24) is 0 Å². The van der Waals surface area contributed by atoms with Crippen LogP contribution in [-0.4, -0.2) is 22.2 Å². The van der Waals surface area contributed by atoms with Crippen molar-refractivity contribution in [3.8, 4) is 11.1 Å². The van der Waals surface area contributed by atoms with Gasteiger partial charge in [0.05, 0.1) is 4.90 Å². The van der Waals surface area contributed by atoms with Crippen molar-refractivity contribution in [2.24, 2.45) is 0 Å². The molecule has 0 radical (unpaired) electrons. The zero-order chi connectivity index (χ0) is 15.7. The number of hydrogen-bond acceptors (Lipinski definition) is 3. The van der Waals surface area contributed by atoms with Crippen LogP contribution in [0.15, 0.2) is 52.8 Å². The normalized spacial score (nSPS) is 16.4. The van der Waals surface area contributed by atoms with Crippen molar-refractivity contribution in [1.29, 1.82) is 0 Å². The fourth-order valence-corrected chi connectivity index (χ4v) is 4.07. The van der Waals surface area contributed by atoms with Gasteiger partial charge in [-0.2, -0.15) is 0 Å². The highest BCUT2D eigenvalue weighted by Crippen LogP contribution is 2.56. The van der Waals surface area contributed by atoms with Crippen molar-refractivity contribution >= 4 is 22.4 Å². The average Bonchev–Trinajstić information content (AvgIpc) is 2.84. The third kappa shape index (κ3) is 2.65. The first-order valence-corrected chi connectivity index (χ1v) is 9.12. The van der Waals surface area contributed by atoms with Crippen LogP contribution >= 0.6 is 10.6 Å². The zero-order valence-electron chi connectivity index (χ0n) is 12.9. The van der Waals surface area contributed by atoms with E-state index in [2.05, 4.69) is 43.0 Å². The van der Waals surface area contributed by atoms with Crippen LogP contribution in [0.2, 0.25) is 0 Å². The lowest BCUT2D eigenvalue weighted by Crippen LogP contribution is -2.21. The fourth-order valence-electron chi connectivity index (χ4n) is 2.81. The number of hydrogen-bond donors (Lipinski definition) is 2. The van der Waals surface area contributed by atoms with Gasteiger partial charge in [-0.1, -0.05) is 24.3 Å². The minimum absolute atomic E-state index is 0.623. The molecule has 2 aromatic carbocycles. The Bertz CT molecular complexity index is 704. The predicted octanol–water partition coefficient (Wildman–Crippen LogP) is 5.29. The summed E-state index contributed by atoms with van der Waals surface area (Å²) in [6.07, 6.45) is 1.78. The molecule has 2 aromatic rings. The summed E-state index contributed by atoms with van der Waals surface area (Å²) in [5, 5.41) is 1.49. The molecule has 0 spiro atoms. The Labute approximate surface area is 133 Å². The van der Waals surface area contributed by atoms with Crippen LogP contribution in [0.5, 0.6) is 0 Å². The molecule has 0 fully saturated rings. The quantitative estimate of drug-likeness (QED) is 0.805. The van der Waals surface area contributed by atoms with Crippen LogP contribution in [-0.2, 0) is 0 Å². The molecule has 4 heteroatoms. The molecule has 1 aliphatic rings. The number of nitrogens with zero attached hydrogens (tertiary/aromatic N) is 1. The predicted molar refractivity (Wildman–Crippen MR) is 95.6 cm³/mol. The molecule has 0 aromatic heterocycles. The maximum Gasteiger partial charge on any atom is 0.0709 e. The van der Waals surface area contributed by atoms with E-state index in [1.165, 1.54) is 11.1 Å². The highest BCUT2D eigenvalue weighted by atomic mass is 32.3. The minimum Gasteiger partial charge on any atom is -0.372 e. The molecule has 0 atom stereocenters. The van der Waals surface area contributed by atoms with E-state index in [0.717, 1.165) is 29.8 Å². The molecule has 0 unspecified atom stereocenters. The molecule has 1 aliphatic heterocycles. The van der Waals surface area contributed by atoms with Gasteiger partial charge in [0, 0.05) is 24.2 Å². The second-order valence-corrected chi connectivity index (χ2v) is 7.27. The summed E-state index contributed by atoms with van der Waals surface area (Å²) in [6, 6.07) is 14.3. The Hall–Kier alpha value is -1.75. The Balaban J connectivity index is 1.93. The van der Waals surface area contributed by atoms with Gasteiger partial charge in [-0.25, -0.2) is 0 Å². The molecule has 0 amide bonds. The third-order valence-electron chi connectivity index (χ3n) is 4.10. The maximum absolute atomic E-state index is 10.0. The van der Waals surface area contributed by atoms with Gasteiger partial charge in [0.2, 0.25) is 0 Å². The highest BCUT2D eigenvalue weighted by Gasteiger charge is 2.21. The molecule has 2 N–H and O–H groups in total. The molecule has 116 valence electrons. The minimum atomic E-state index is -2.75. The van der Waals surface area contributed by atoms with Crippen LogP contribution in [0, 0.1) is 0 Å². The van der Waals surface area contributed by atoms with Crippen molar-refractivity contribution < 1.29 is 9.11 Å². The van der Waals surface area contributed by atoms with E-state index >= 15 is 0 Å². The van der Waals surface area contributed by atoms with Crippen LogP contribution < -0.4 is 4.90 Å². The van der Waals surface area contributed by atoms with Crippen molar-refractivity contribution in [3.05, 3.63) is 53.4 Å². The Morgan fingerprint density at radius 1 is 0.909 bits per heavy atom. The Kier molecular flexibility index (Phi) is 4.00. The van der Waals surface area contributed by atoms with Gasteiger partial charge >= 0.3 is 0 Å². The Morgan fingerprint density at radius 2 is 1.55 bits per heavy atom. The molecular formula is C18H21NO2S. The van der Waals surface area contributed by atoms with Crippen LogP contribution in [0.1, 0.15) is 19.4 Å². The van der Waals surface area contributed by atoms with Crippen LogP contribution in [0.3, 0.4) is 0 Å². The first-order chi connectivity index (χ1) is 10.5. The summed E-state index contributed by atoms with van der Waals surface area (Å²) in [4.78, 5) is 2.92. The fraction of sp³-hybridized carbons (Fsp3) is 0.222. The molecule has 3 rings (SSSR count). The van der Waals surface area contributed by atoms with Gasteiger partial charge in [0.1, 0.15) is 0 Å². The molecule has 3 nitrogen and oxygen atoms in total. The largest absolute Gasteiger partial charge is 0.372 e. The lowest BCUT2D eigenvalue weighted by Gasteiger charge is -2.26. The second-order valence-electron chi connectivity index (χ2n) is 5.37. The molecule has 0 bridgehead atoms. The topological polar surface area (TPSA) is 43.7 Å². The van der Waals surface area contributed by atoms with Crippen molar-refractivity contribution in [2.75, 3.05) is 18.0 Å². The summed E-state index contributed by atoms with van der Waals surface area (Å²) in [6.45, 7) is 6.27. The summed E-state index contributed by atoms with van der Waals surface area (Å²) in [5.74, 6) is 0. The molecule has 0 saturated heterocycles. The van der Waals surface area contributed by atoms with E-state index in [1.54, 1.807) is 6.08 Å². The highest BCUT2D eigenvalue weighted by molar-refractivity contribution is 8.27. The third-order valence-corrected chi connectivity index (χ3v) is 5.62. The number of anilines is 1. The van der Waals surface area contributed by atoms with E-state index in [1.807, 2.05) is 18.2 Å². The average molecular weight is 315 g/mol. The summed E-state index contributed by atoms with van der Waals surface area (Å²) >= 11 is 0. The first kappa shape index (κ1) is 15.2. The van der Waals surface area contributed by atoms with E-state index in [9.17, 15) is 9.11 Å². The molecule has 0 aliphatic carbocycles. The number of benzene rings is 2. The van der Waals surface area contributed by atoms with Crippen LogP contribution in [0.4, 0.5) is 5.69 Å². The van der Waals surface area contributed by atoms with E-state index in [0.29, 0.717) is 4.90 Å².